The quantitative estimate of drug-likeness (QED) is 0.265. The summed E-state index contributed by atoms with van der Waals surface area (Å²) >= 11 is 0. The molecule has 1 aliphatic heterocycles. The summed E-state index contributed by atoms with van der Waals surface area (Å²) in [5, 5.41) is 12.5. The van der Waals surface area contributed by atoms with Crippen LogP contribution in [0.25, 0.3) is 32.9 Å². The van der Waals surface area contributed by atoms with Crippen LogP contribution in [0.1, 0.15) is 25.0 Å². The van der Waals surface area contributed by atoms with Crippen LogP contribution in [0.5, 0.6) is 17.5 Å². The number of benzene rings is 2. The Morgan fingerprint density at radius 1 is 1.00 bits per heavy atom. The fourth-order valence-corrected chi connectivity index (χ4v) is 6.42. The molecule has 5 aromatic rings. The third-order valence-electron chi connectivity index (χ3n) is 8.29. The van der Waals surface area contributed by atoms with E-state index >= 15 is 4.39 Å². The molecule has 1 saturated carbocycles. The van der Waals surface area contributed by atoms with Crippen molar-refractivity contribution in [3.8, 4) is 28.8 Å². The van der Waals surface area contributed by atoms with Gasteiger partial charge in [0.2, 0.25) is 0 Å². The third-order valence-corrected chi connectivity index (χ3v) is 8.29. The largest absolute Gasteiger partial charge is 0.508 e. The first-order valence-electron chi connectivity index (χ1n) is 14.0. The highest BCUT2D eigenvalue weighted by molar-refractivity contribution is 5.99. The Bertz CT molecular complexity index is 1750. The predicted octanol–water partition coefficient (Wildman–Crippen LogP) is 5.95. The molecule has 0 radical (unpaired) electrons. The van der Waals surface area contributed by atoms with E-state index in [1.807, 2.05) is 36.4 Å². The summed E-state index contributed by atoms with van der Waals surface area (Å²) in [6.45, 7) is 1.99. The number of fused-ring (bicyclic) bond motifs is 4. The molecule has 0 spiro atoms. The number of hydrogen-bond acceptors (Lipinski definition) is 8. The van der Waals surface area contributed by atoms with Crippen LogP contribution in [-0.4, -0.2) is 51.8 Å². The Labute approximate surface area is 236 Å². The average Bonchev–Trinajstić information content (AvgIpc) is 3.34. The van der Waals surface area contributed by atoms with Crippen LogP contribution < -0.4 is 14.4 Å². The van der Waals surface area contributed by atoms with Crippen molar-refractivity contribution in [1.29, 1.82) is 0 Å². The number of ether oxygens (including phenoxy) is 2. The number of pyridine rings is 2. The van der Waals surface area contributed by atoms with Gasteiger partial charge in [0.05, 0.1) is 24.8 Å². The Balaban J connectivity index is 1.31. The van der Waals surface area contributed by atoms with Gasteiger partial charge in [-0.15, -0.1) is 0 Å². The topological polar surface area (TPSA) is 93.5 Å². The lowest BCUT2D eigenvalue weighted by atomic mass is 9.98. The van der Waals surface area contributed by atoms with Crippen molar-refractivity contribution in [2.24, 2.45) is 11.8 Å². The maximum Gasteiger partial charge on any atom is 0.319 e. The lowest BCUT2D eigenvalue weighted by Crippen LogP contribution is -2.37. The highest BCUT2D eigenvalue weighted by Gasteiger charge is 2.34. The zero-order valence-corrected chi connectivity index (χ0v) is 22.8. The number of anilines is 1. The fourth-order valence-electron chi connectivity index (χ4n) is 6.42. The molecule has 1 aliphatic carbocycles. The molecule has 7 rings (SSSR count). The molecule has 41 heavy (non-hydrogen) atoms. The van der Waals surface area contributed by atoms with Crippen LogP contribution >= 0.6 is 0 Å². The molecular formula is C32H30FN5O3. The molecule has 0 amide bonds. The SMILES string of the molecule is COc1cccnc1CCOc1nc(N2CC3CCC(C3)C2)c2cnc(-c3cc(O)cc4ccccc34)c(F)c2n1. The summed E-state index contributed by atoms with van der Waals surface area (Å²) in [6, 6.07) is 14.5. The fraction of sp³-hybridized carbons (Fsp3) is 0.312. The lowest BCUT2D eigenvalue weighted by molar-refractivity contribution is 0.293. The summed E-state index contributed by atoms with van der Waals surface area (Å²) in [5.41, 5.74) is 1.53. The number of aromatic nitrogens is 4. The zero-order chi connectivity index (χ0) is 27.9. The number of rotatable bonds is 7. The Kier molecular flexibility index (Phi) is 6.49. The van der Waals surface area contributed by atoms with Crippen LogP contribution in [0.15, 0.2) is 60.9 Å². The molecule has 1 saturated heterocycles. The highest BCUT2D eigenvalue weighted by Crippen LogP contribution is 2.41. The second-order valence-electron chi connectivity index (χ2n) is 10.9. The molecule has 2 fully saturated rings. The van der Waals surface area contributed by atoms with E-state index in [1.165, 1.54) is 19.3 Å². The van der Waals surface area contributed by atoms with E-state index in [2.05, 4.69) is 19.9 Å². The molecule has 2 atom stereocenters. The first-order valence-corrected chi connectivity index (χ1v) is 14.0. The smallest absolute Gasteiger partial charge is 0.319 e. The number of phenolic OH excluding ortho intramolecular Hbond substituents is 1. The van der Waals surface area contributed by atoms with E-state index in [1.54, 1.807) is 31.6 Å². The van der Waals surface area contributed by atoms with Gasteiger partial charge in [-0.05, 0) is 66.1 Å². The van der Waals surface area contributed by atoms with Crippen molar-refractivity contribution < 1.29 is 19.0 Å². The van der Waals surface area contributed by atoms with Gasteiger partial charge in [0.1, 0.15) is 28.5 Å². The lowest BCUT2D eigenvalue weighted by Gasteiger charge is -2.33. The molecule has 208 valence electrons. The minimum atomic E-state index is -0.571. The molecule has 2 aliphatic rings. The van der Waals surface area contributed by atoms with Crippen molar-refractivity contribution in [1.82, 2.24) is 19.9 Å². The standard InChI is InChI=1S/C32H30FN5O3/c1-40-27-7-4-11-34-26(27)10-12-41-32-36-30-25(31(37-32)38-17-19-8-9-20(13-19)18-38)16-35-29(28(30)33)24-15-22(39)14-21-5-2-3-6-23(21)24/h2-7,11,14-16,19-20,39H,8-10,12-13,17-18H2,1H3. The summed E-state index contributed by atoms with van der Waals surface area (Å²) in [4.78, 5) is 20.6. The Morgan fingerprint density at radius 3 is 2.66 bits per heavy atom. The van der Waals surface area contributed by atoms with E-state index in [9.17, 15) is 5.11 Å². The molecule has 2 unspecified atom stereocenters. The van der Waals surface area contributed by atoms with Crippen LogP contribution in [0, 0.1) is 17.7 Å². The normalized spacial score (nSPS) is 18.2. The number of aromatic hydroxyl groups is 1. The van der Waals surface area contributed by atoms with Crippen molar-refractivity contribution in [2.75, 3.05) is 31.7 Å². The molecule has 8 nitrogen and oxygen atoms in total. The van der Waals surface area contributed by atoms with Gasteiger partial charge in [0.25, 0.3) is 0 Å². The maximum atomic E-state index is 16.5. The van der Waals surface area contributed by atoms with Crippen molar-refractivity contribution in [3.05, 3.63) is 72.4 Å². The summed E-state index contributed by atoms with van der Waals surface area (Å²) in [6.07, 6.45) is 7.49. The summed E-state index contributed by atoms with van der Waals surface area (Å²) < 4.78 is 27.9. The van der Waals surface area contributed by atoms with Gasteiger partial charge in [0, 0.05) is 37.5 Å². The van der Waals surface area contributed by atoms with Gasteiger partial charge >= 0.3 is 6.01 Å². The highest BCUT2D eigenvalue weighted by atomic mass is 19.1. The first kappa shape index (κ1) is 25.4. The average molecular weight is 552 g/mol. The predicted molar refractivity (Wildman–Crippen MR) is 155 cm³/mol. The van der Waals surface area contributed by atoms with E-state index in [4.69, 9.17) is 14.5 Å². The molecule has 1 N–H and O–H groups in total. The van der Waals surface area contributed by atoms with Crippen molar-refractivity contribution in [2.45, 2.75) is 25.7 Å². The molecule has 9 heteroatoms. The number of nitrogens with zero attached hydrogens (tertiary/aromatic N) is 5. The number of hydrogen-bond donors (Lipinski definition) is 1. The Hall–Kier alpha value is -4.53. The van der Waals surface area contributed by atoms with Crippen molar-refractivity contribution in [3.63, 3.8) is 0 Å². The minimum Gasteiger partial charge on any atom is -0.508 e. The maximum absolute atomic E-state index is 16.5. The van der Waals surface area contributed by atoms with Gasteiger partial charge in [-0.3, -0.25) is 9.97 Å². The molecule has 2 bridgehead atoms. The monoisotopic (exact) mass is 551 g/mol. The molecule has 3 aromatic heterocycles. The second kappa shape index (κ2) is 10.5. The minimum absolute atomic E-state index is 0.0427. The number of phenols is 1. The summed E-state index contributed by atoms with van der Waals surface area (Å²) in [5.74, 6) is 2.01. The van der Waals surface area contributed by atoms with E-state index in [-0.39, 0.29) is 29.6 Å². The van der Waals surface area contributed by atoms with Gasteiger partial charge in [0.15, 0.2) is 5.82 Å². The molecule has 2 aromatic carbocycles. The van der Waals surface area contributed by atoms with Crippen LogP contribution in [0.2, 0.25) is 0 Å². The van der Waals surface area contributed by atoms with Crippen LogP contribution in [0.4, 0.5) is 10.2 Å². The number of halogens is 1. The zero-order valence-electron chi connectivity index (χ0n) is 22.8. The van der Waals surface area contributed by atoms with Gasteiger partial charge in [-0.1, -0.05) is 24.3 Å². The number of piperidine rings is 1. The number of methoxy groups -OCH3 is 1. The third kappa shape index (κ3) is 4.75. The molecule has 4 heterocycles. The first-order chi connectivity index (χ1) is 20.1. The van der Waals surface area contributed by atoms with Crippen LogP contribution in [0.3, 0.4) is 0 Å². The Morgan fingerprint density at radius 2 is 1.83 bits per heavy atom. The summed E-state index contributed by atoms with van der Waals surface area (Å²) in [7, 11) is 1.61. The van der Waals surface area contributed by atoms with Crippen molar-refractivity contribution >= 4 is 27.5 Å². The van der Waals surface area contributed by atoms with Gasteiger partial charge in [-0.2, -0.15) is 9.97 Å². The van der Waals surface area contributed by atoms with Gasteiger partial charge < -0.3 is 19.5 Å². The molecular weight excluding hydrogens is 521 g/mol. The van der Waals surface area contributed by atoms with E-state index < -0.39 is 5.82 Å². The van der Waals surface area contributed by atoms with Crippen LogP contribution in [-0.2, 0) is 6.42 Å². The van der Waals surface area contributed by atoms with E-state index in [0.29, 0.717) is 40.8 Å². The van der Waals surface area contributed by atoms with E-state index in [0.717, 1.165) is 29.6 Å². The second-order valence-corrected chi connectivity index (χ2v) is 10.9. The van der Waals surface area contributed by atoms with Gasteiger partial charge in [-0.25, -0.2) is 4.39 Å².